The maximum absolute atomic E-state index is 13.8. The summed E-state index contributed by atoms with van der Waals surface area (Å²) in [5, 5.41) is 2.65. The fraction of sp³-hybridized carbons (Fsp3) is 0.364. The largest absolute Gasteiger partial charge is 0.357 e. The lowest BCUT2D eigenvalue weighted by Gasteiger charge is -2.30. The zero-order valence-electron chi connectivity index (χ0n) is 16.6. The normalized spacial score (nSPS) is 11.7. The molecule has 28 heavy (non-hydrogen) atoms. The summed E-state index contributed by atoms with van der Waals surface area (Å²) in [6.45, 7) is 4.26. The van der Waals surface area contributed by atoms with Gasteiger partial charge in [0, 0.05) is 19.3 Å². The van der Waals surface area contributed by atoms with E-state index in [-0.39, 0.29) is 23.4 Å². The topological polar surface area (TPSA) is 49.4 Å². The van der Waals surface area contributed by atoms with E-state index in [1.807, 2.05) is 38.1 Å². The summed E-state index contributed by atoms with van der Waals surface area (Å²) in [5.41, 5.74) is 2.66. The van der Waals surface area contributed by atoms with Crippen molar-refractivity contribution in [1.82, 2.24) is 10.2 Å². The van der Waals surface area contributed by atoms with Gasteiger partial charge in [-0.25, -0.2) is 4.39 Å². The molecule has 6 heteroatoms. The third-order valence-electron chi connectivity index (χ3n) is 4.68. The first-order valence-electron chi connectivity index (χ1n) is 9.34. The number of benzene rings is 2. The predicted molar refractivity (Wildman–Crippen MR) is 112 cm³/mol. The SMILES string of the molecule is CC[C@@H](C(=O)NC)N(Cc1ccccc1C)C(=O)CSCc1ccccc1F. The molecule has 0 aliphatic rings. The van der Waals surface area contributed by atoms with Crippen LogP contribution in [0.2, 0.25) is 0 Å². The number of carbonyl (C=O) groups excluding carboxylic acids is 2. The second kappa shape index (κ2) is 10.9. The Morgan fingerprint density at radius 1 is 1.11 bits per heavy atom. The molecule has 2 amide bonds. The zero-order valence-corrected chi connectivity index (χ0v) is 17.4. The average Bonchev–Trinajstić information content (AvgIpc) is 2.70. The van der Waals surface area contributed by atoms with Crippen LogP contribution in [0.3, 0.4) is 0 Å². The molecule has 0 unspecified atom stereocenters. The lowest BCUT2D eigenvalue weighted by molar-refractivity contribution is -0.139. The number of nitrogens with zero attached hydrogens (tertiary/aromatic N) is 1. The van der Waals surface area contributed by atoms with Gasteiger partial charge in [-0.3, -0.25) is 9.59 Å². The molecule has 2 aromatic rings. The van der Waals surface area contributed by atoms with Gasteiger partial charge in [-0.05, 0) is 36.1 Å². The zero-order chi connectivity index (χ0) is 20.5. The third kappa shape index (κ3) is 5.83. The van der Waals surface area contributed by atoms with Gasteiger partial charge in [-0.2, -0.15) is 0 Å². The Labute approximate surface area is 170 Å². The molecule has 0 saturated heterocycles. The Morgan fingerprint density at radius 2 is 1.75 bits per heavy atom. The van der Waals surface area contributed by atoms with Crippen LogP contribution in [0.15, 0.2) is 48.5 Å². The monoisotopic (exact) mass is 402 g/mol. The maximum atomic E-state index is 13.8. The summed E-state index contributed by atoms with van der Waals surface area (Å²) in [6, 6.07) is 13.9. The summed E-state index contributed by atoms with van der Waals surface area (Å²) in [5.74, 6) is 0.0285. The van der Waals surface area contributed by atoms with Crippen LogP contribution in [0.4, 0.5) is 4.39 Å². The number of hydrogen-bond acceptors (Lipinski definition) is 3. The molecule has 4 nitrogen and oxygen atoms in total. The summed E-state index contributed by atoms with van der Waals surface area (Å²) in [7, 11) is 1.58. The standard InChI is InChI=1S/C22H27FN2O2S/c1-4-20(22(27)24-3)25(13-17-10-6-5-9-16(17)2)21(26)15-28-14-18-11-7-8-12-19(18)23/h5-12,20H,4,13-15H2,1-3H3,(H,24,27)/t20-/m0/s1. The van der Waals surface area contributed by atoms with Crippen LogP contribution in [0, 0.1) is 12.7 Å². The first-order valence-corrected chi connectivity index (χ1v) is 10.5. The first kappa shape index (κ1) is 22.0. The number of hydrogen-bond donors (Lipinski definition) is 1. The molecule has 0 bridgehead atoms. The van der Waals surface area contributed by atoms with Gasteiger partial charge in [-0.1, -0.05) is 49.4 Å². The van der Waals surface area contributed by atoms with E-state index in [2.05, 4.69) is 5.32 Å². The molecule has 0 spiro atoms. The molecule has 0 aromatic heterocycles. The Hall–Kier alpha value is -2.34. The molecule has 0 fully saturated rings. The van der Waals surface area contributed by atoms with Crippen molar-refractivity contribution in [2.45, 2.75) is 38.6 Å². The van der Waals surface area contributed by atoms with Crippen LogP contribution in [-0.4, -0.2) is 35.6 Å². The van der Waals surface area contributed by atoms with Crippen LogP contribution in [0.5, 0.6) is 0 Å². The molecule has 2 rings (SSSR count). The highest BCUT2D eigenvalue weighted by Crippen LogP contribution is 2.19. The van der Waals surface area contributed by atoms with Crippen molar-refractivity contribution in [3.63, 3.8) is 0 Å². The van der Waals surface area contributed by atoms with Gasteiger partial charge in [0.25, 0.3) is 0 Å². The van der Waals surface area contributed by atoms with E-state index in [9.17, 15) is 14.0 Å². The van der Waals surface area contributed by atoms with Crippen molar-refractivity contribution >= 4 is 23.6 Å². The van der Waals surface area contributed by atoms with E-state index in [1.165, 1.54) is 17.8 Å². The number of likely N-dealkylation sites (N-methyl/N-ethyl adjacent to an activating group) is 1. The van der Waals surface area contributed by atoms with Crippen LogP contribution >= 0.6 is 11.8 Å². The summed E-state index contributed by atoms with van der Waals surface area (Å²) in [6.07, 6.45) is 0.523. The Kier molecular flexibility index (Phi) is 8.51. The van der Waals surface area contributed by atoms with E-state index in [0.717, 1.165) is 11.1 Å². The minimum Gasteiger partial charge on any atom is -0.357 e. The number of rotatable bonds is 9. The molecular weight excluding hydrogens is 375 g/mol. The second-order valence-corrected chi connectivity index (χ2v) is 7.56. The number of nitrogens with one attached hydrogen (secondary N) is 1. The van der Waals surface area contributed by atoms with E-state index < -0.39 is 6.04 Å². The van der Waals surface area contributed by atoms with Crippen LogP contribution in [0.25, 0.3) is 0 Å². The molecule has 0 saturated carbocycles. The lowest BCUT2D eigenvalue weighted by Crippen LogP contribution is -2.48. The fourth-order valence-electron chi connectivity index (χ4n) is 3.00. The second-order valence-electron chi connectivity index (χ2n) is 6.57. The van der Waals surface area contributed by atoms with Crippen LogP contribution in [-0.2, 0) is 21.9 Å². The molecule has 0 radical (unpaired) electrons. The summed E-state index contributed by atoms with van der Waals surface area (Å²) in [4.78, 5) is 27.0. The molecule has 1 N–H and O–H groups in total. The minimum absolute atomic E-state index is 0.125. The number of thioether (sulfide) groups is 1. The van der Waals surface area contributed by atoms with Crippen molar-refractivity contribution < 1.29 is 14.0 Å². The number of halogens is 1. The smallest absolute Gasteiger partial charge is 0.242 e. The van der Waals surface area contributed by atoms with Gasteiger partial charge in [-0.15, -0.1) is 11.8 Å². The maximum Gasteiger partial charge on any atom is 0.242 e. The highest BCUT2D eigenvalue weighted by molar-refractivity contribution is 7.99. The van der Waals surface area contributed by atoms with Gasteiger partial charge in [0.15, 0.2) is 0 Å². The van der Waals surface area contributed by atoms with E-state index in [4.69, 9.17) is 0 Å². The van der Waals surface area contributed by atoms with Crippen LogP contribution < -0.4 is 5.32 Å². The number of carbonyl (C=O) groups is 2. The number of amides is 2. The van der Waals surface area contributed by atoms with Crippen molar-refractivity contribution in [3.8, 4) is 0 Å². The van der Waals surface area contributed by atoms with Gasteiger partial charge >= 0.3 is 0 Å². The summed E-state index contributed by atoms with van der Waals surface area (Å²) >= 11 is 1.36. The van der Waals surface area contributed by atoms with Crippen LogP contribution in [0.1, 0.15) is 30.0 Å². The molecule has 0 heterocycles. The molecule has 1 atom stereocenters. The van der Waals surface area contributed by atoms with Crippen molar-refractivity contribution in [1.29, 1.82) is 0 Å². The van der Waals surface area contributed by atoms with E-state index >= 15 is 0 Å². The number of aryl methyl sites for hydroxylation is 1. The molecule has 0 aliphatic carbocycles. The van der Waals surface area contributed by atoms with Gasteiger partial charge in [0.1, 0.15) is 11.9 Å². The Balaban J connectivity index is 2.12. The first-order chi connectivity index (χ1) is 13.5. The minimum atomic E-state index is -0.536. The molecule has 2 aromatic carbocycles. The third-order valence-corrected chi connectivity index (χ3v) is 5.64. The van der Waals surface area contributed by atoms with Gasteiger partial charge in [0.05, 0.1) is 5.75 Å². The van der Waals surface area contributed by atoms with E-state index in [1.54, 1.807) is 30.1 Å². The quantitative estimate of drug-likeness (QED) is 0.692. The highest BCUT2D eigenvalue weighted by Gasteiger charge is 2.28. The molecule has 150 valence electrons. The van der Waals surface area contributed by atoms with E-state index in [0.29, 0.717) is 24.3 Å². The highest BCUT2D eigenvalue weighted by atomic mass is 32.2. The van der Waals surface area contributed by atoms with Crippen molar-refractivity contribution in [2.75, 3.05) is 12.8 Å². The fourth-order valence-corrected chi connectivity index (χ4v) is 3.90. The van der Waals surface area contributed by atoms with Crippen molar-refractivity contribution in [3.05, 3.63) is 71.0 Å². The van der Waals surface area contributed by atoms with Gasteiger partial charge in [0.2, 0.25) is 11.8 Å². The molecule has 0 aliphatic heterocycles. The Morgan fingerprint density at radius 3 is 2.36 bits per heavy atom. The predicted octanol–water partition coefficient (Wildman–Crippen LogP) is 3.92. The Bertz CT molecular complexity index is 813. The summed E-state index contributed by atoms with van der Waals surface area (Å²) < 4.78 is 13.8. The van der Waals surface area contributed by atoms with Crippen molar-refractivity contribution in [2.24, 2.45) is 0 Å². The average molecular weight is 403 g/mol. The van der Waals surface area contributed by atoms with Gasteiger partial charge < -0.3 is 10.2 Å². The lowest BCUT2D eigenvalue weighted by atomic mass is 10.1. The molecular formula is C22H27FN2O2S.